The molecule has 1 atom stereocenters. The van der Waals surface area contributed by atoms with Crippen LogP contribution >= 0.6 is 0 Å². The molecule has 1 saturated heterocycles. The summed E-state index contributed by atoms with van der Waals surface area (Å²) >= 11 is 0. The first-order chi connectivity index (χ1) is 8.25. The number of hydroxylamine groups is 2. The maximum Gasteiger partial charge on any atom is 0.307 e. The molecule has 0 aliphatic carbocycles. The number of carboxylic acid groups (broad SMARTS) is 1. The van der Waals surface area contributed by atoms with Crippen molar-refractivity contribution < 1.29 is 14.7 Å². The van der Waals surface area contributed by atoms with E-state index in [0.29, 0.717) is 13.2 Å². The Kier molecular flexibility index (Phi) is 4.12. The van der Waals surface area contributed by atoms with Crippen molar-refractivity contribution in [2.75, 3.05) is 13.1 Å². The van der Waals surface area contributed by atoms with E-state index in [9.17, 15) is 4.79 Å². The zero-order valence-corrected chi connectivity index (χ0v) is 9.71. The highest BCUT2D eigenvalue weighted by Gasteiger charge is 2.25. The number of hydrogen-bond acceptors (Lipinski definition) is 3. The average Bonchev–Trinajstić information content (AvgIpc) is 2.38. The van der Waals surface area contributed by atoms with Gasteiger partial charge in [-0.05, 0) is 18.4 Å². The van der Waals surface area contributed by atoms with E-state index in [1.54, 1.807) is 5.06 Å². The molecule has 92 valence electrons. The molecule has 4 heteroatoms. The summed E-state index contributed by atoms with van der Waals surface area (Å²) in [7, 11) is 0. The van der Waals surface area contributed by atoms with Crippen LogP contribution in [0.25, 0.3) is 0 Å². The number of carboxylic acids is 1. The van der Waals surface area contributed by atoms with Gasteiger partial charge in [-0.25, -0.2) is 0 Å². The van der Waals surface area contributed by atoms with Crippen LogP contribution in [-0.4, -0.2) is 29.2 Å². The van der Waals surface area contributed by atoms with Crippen molar-refractivity contribution in [3.05, 3.63) is 35.9 Å². The number of aliphatic carboxylic acids is 1. The second-order valence-electron chi connectivity index (χ2n) is 4.32. The van der Waals surface area contributed by atoms with Gasteiger partial charge in [0.05, 0.1) is 12.5 Å². The van der Waals surface area contributed by atoms with Crippen LogP contribution in [0.1, 0.15) is 18.4 Å². The molecular formula is C13H17NO3. The number of piperidine rings is 1. The summed E-state index contributed by atoms with van der Waals surface area (Å²) in [5.41, 5.74) is 1.10. The minimum atomic E-state index is -0.724. The molecule has 4 nitrogen and oxygen atoms in total. The second-order valence-corrected chi connectivity index (χ2v) is 4.32. The van der Waals surface area contributed by atoms with Crippen LogP contribution in [0.2, 0.25) is 0 Å². The second kappa shape index (κ2) is 5.80. The Hall–Kier alpha value is -1.39. The van der Waals surface area contributed by atoms with E-state index < -0.39 is 5.97 Å². The molecule has 1 unspecified atom stereocenters. The molecular weight excluding hydrogens is 218 g/mol. The summed E-state index contributed by atoms with van der Waals surface area (Å²) in [5, 5.41) is 10.7. The minimum Gasteiger partial charge on any atom is -0.481 e. The fourth-order valence-corrected chi connectivity index (χ4v) is 2.00. The molecule has 1 aromatic rings. The fraction of sp³-hybridized carbons (Fsp3) is 0.462. The van der Waals surface area contributed by atoms with Crippen molar-refractivity contribution in [3.8, 4) is 0 Å². The highest BCUT2D eigenvalue weighted by Crippen LogP contribution is 2.17. The lowest BCUT2D eigenvalue weighted by atomic mass is 10.00. The largest absolute Gasteiger partial charge is 0.481 e. The maximum atomic E-state index is 10.9. The van der Waals surface area contributed by atoms with Crippen LogP contribution in [0, 0.1) is 5.92 Å². The van der Waals surface area contributed by atoms with Gasteiger partial charge in [-0.2, -0.15) is 5.06 Å². The van der Waals surface area contributed by atoms with Crippen molar-refractivity contribution in [1.29, 1.82) is 0 Å². The van der Waals surface area contributed by atoms with Crippen LogP contribution in [0.3, 0.4) is 0 Å². The maximum absolute atomic E-state index is 10.9. The van der Waals surface area contributed by atoms with E-state index in [0.717, 1.165) is 24.9 Å². The lowest BCUT2D eigenvalue weighted by Gasteiger charge is -2.29. The first-order valence-corrected chi connectivity index (χ1v) is 5.90. The van der Waals surface area contributed by atoms with Crippen molar-refractivity contribution in [2.24, 2.45) is 5.92 Å². The van der Waals surface area contributed by atoms with Gasteiger partial charge in [-0.3, -0.25) is 9.63 Å². The molecule has 1 heterocycles. The Morgan fingerprint density at radius 1 is 1.41 bits per heavy atom. The Bertz CT molecular complexity index is 366. The monoisotopic (exact) mass is 235 g/mol. The summed E-state index contributed by atoms with van der Waals surface area (Å²) in [6.07, 6.45) is 1.63. The van der Waals surface area contributed by atoms with Gasteiger partial charge >= 0.3 is 5.97 Å². The third kappa shape index (κ3) is 3.54. The Labute approximate surface area is 101 Å². The standard InChI is InChI=1S/C13H17NO3/c15-13(16)12-7-4-8-14(9-12)17-10-11-5-2-1-3-6-11/h1-3,5-6,12H,4,7-10H2,(H,15,16). The number of nitrogens with zero attached hydrogens (tertiary/aromatic N) is 1. The molecule has 1 aromatic carbocycles. The van der Waals surface area contributed by atoms with Crippen LogP contribution in [0.15, 0.2) is 30.3 Å². The van der Waals surface area contributed by atoms with Gasteiger partial charge in [-0.1, -0.05) is 30.3 Å². The Morgan fingerprint density at radius 3 is 2.88 bits per heavy atom. The first kappa shape index (κ1) is 12.1. The lowest BCUT2D eigenvalue weighted by Crippen LogP contribution is -2.38. The molecule has 2 rings (SSSR count). The minimum absolute atomic E-state index is 0.292. The average molecular weight is 235 g/mol. The quantitative estimate of drug-likeness (QED) is 0.866. The normalized spacial score (nSPS) is 21.3. The third-order valence-electron chi connectivity index (χ3n) is 2.99. The predicted octanol–water partition coefficient (Wildman–Crippen LogP) is 1.91. The lowest BCUT2D eigenvalue weighted by molar-refractivity contribution is -0.193. The molecule has 1 aliphatic rings. The van der Waals surface area contributed by atoms with E-state index in [1.807, 2.05) is 30.3 Å². The van der Waals surface area contributed by atoms with E-state index in [1.165, 1.54) is 0 Å². The number of rotatable bonds is 4. The first-order valence-electron chi connectivity index (χ1n) is 5.90. The van der Waals surface area contributed by atoms with Gasteiger partial charge in [-0.15, -0.1) is 0 Å². The molecule has 1 fully saturated rings. The highest BCUT2D eigenvalue weighted by molar-refractivity contribution is 5.70. The Morgan fingerprint density at radius 2 is 2.18 bits per heavy atom. The van der Waals surface area contributed by atoms with E-state index in [4.69, 9.17) is 9.94 Å². The summed E-state index contributed by atoms with van der Waals surface area (Å²) in [5.74, 6) is -1.02. The molecule has 0 spiro atoms. The van der Waals surface area contributed by atoms with Crippen molar-refractivity contribution in [1.82, 2.24) is 5.06 Å². The molecule has 1 N–H and O–H groups in total. The Balaban J connectivity index is 1.81. The SMILES string of the molecule is O=C(O)C1CCCN(OCc2ccccc2)C1. The van der Waals surface area contributed by atoms with Gasteiger partial charge in [0.2, 0.25) is 0 Å². The van der Waals surface area contributed by atoms with Gasteiger partial charge in [0.15, 0.2) is 0 Å². The van der Waals surface area contributed by atoms with Crippen LogP contribution in [0.4, 0.5) is 0 Å². The van der Waals surface area contributed by atoms with Crippen LogP contribution in [0.5, 0.6) is 0 Å². The van der Waals surface area contributed by atoms with Gasteiger partial charge in [0, 0.05) is 13.1 Å². The van der Waals surface area contributed by atoms with Crippen molar-refractivity contribution in [2.45, 2.75) is 19.4 Å². The number of carbonyl (C=O) groups is 1. The topological polar surface area (TPSA) is 49.8 Å². The molecule has 0 radical (unpaired) electrons. The van der Waals surface area contributed by atoms with E-state index in [-0.39, 0.29) is 5.92 Å². The van der Waals surface area contributed by atoms with Crippen LogP contribution < -0.4 is 0 Å². The summed E-state index contributed by atoms with van der Waals surface area (Å²) in [6, 6.07) is 9.89. The van der Waals surface area contributed by atoms with Crippen molar-refractivity contribution >= 4 is 5.97 Å². The molecule has 0 aromatic heterocycles. The summed E-state index contributed by atoms with van der Waals surface area (Å²) < 4.78 is 0. The van der Waals surface area contributed by atoms with Crippen LogP contribution in [-0.2, 0) is 16.2 Å². The summed E-state index contributed by atoms with van der Waals surface area (Å²) in [6.45, 7) is 1.81. The molecule has 17 heavy (non-hydrogen) atoms. The molecule has 0 bridgehead atoms. The zero-order valence-electron chi connectivity index (χ0n) is 9.71. The smallest absolute Gasteiger partial charge is 0.307 e. The third-order valence-corrected chi connectivity index (χ3v) is 2.99. The predicted molar refractivity (Wildman–Crippen MR) is 63.2 cm³/mol. The fourth-order valence-electron chi connectivity index (χ4n) is 2.00. The van der Waals surface area contributed by atoms with E-state index in [2.05, 4.69) is 0 Å². The van der Waals surface area contributed by atoms with Gasteiger partial charge in [0.1, 0.15) is 0 Å². The van der Waals surface area contributed by atoms with Gasteiger partial charge in [0.25, 0.3) is 0 Å². The molecule has 1 aliphatic heterocycles. The van der Waals surface area contributed by atoms with Gasteiger partial charge < -0.3 is 5.11 Å². The highest BCUT2D eigenvalue weighted by atomic mass is 16.7. The molecule has 0 saturated carbocycles. The van der Waals surface area contributed by atoms with Crippen molar-refractivity contribution in [3.63, 3.8) is 0 Å². The van der Waals surface area contributed by atoms with E-state index >= 15 is 0 Å². The summed E-state index contributed by atoms with van der Waals surface area (Å²) in [4.78, 5) is 16.5. The molecule has 0 amide bonds. The number of benzene rings is 1. The zero-order chi connectivity index (χ0) is 12.1. The number of hydrogen-bond donors (Lipinski definition) is 1.